The molecule has 12 heteroatoms. The number of amides is 1. The number of carbonyl (C=O) groups is 1. The van der Waals surface area contributed by atoms with Gasteiger partial charge in [0.25, 0.3) is 9.70 Å². The molecule has 7 nitrogen and oxygen atoms in total. The van der Waals surface area contributed by atoms with Crippen LogP contribution in [0.2, 0.25) is 10.3 Å². The fourth-order valence-electron chi connectivity index (χ4n) is 4.07. The number of imidazole rings is 1. The molecule has 0 aliphatic carbocycles. The highest BCUT2D eigenvalue weighted by atomic mass is 35.6. The lowest BCUT2D eigenvalue weighted by atomic mass is 9.90. The Morgan fingerprint density at radius 2 is 1.65 bits per heavy atom. The van der Waals surface area contributed by atoms with Crippen molar-refractivity contribution in [2.24, 2.45) is 5.92 Å². The third-order valence-corrected chi connectivity index (χ3v) is 7.48. The third-order valence-electron chi connectivity index (χ3n) is 6.20. The maximum atomic E-state index is 11.8. The van der Waals surface area contributed by atoms with E-state index in [-0.39, 0.29) is 36.4 Å². The Morgan fingerprint density at radius 3 is 2.22 bits per heavy atom. The molecule has 0 saturated carbocycles. The first-order valence-electron chi connectivity index (χ1n) is 11.4. The summed E-state index contributed by atoms with van der Waals surface area (Å²) in [5.74, 6) is -0.754. The smallest absolute Gasteiger partial charge is 0.272 e. The predicted octanol–water partition coefficient (Wildman–Crippen LogP) is 6.16. The van der Waals surface area contributed by atoms with Gasteiger partial charge in [-0.1, -0.05) is 113 Å². The van der Waals surface area contributed by atoms with Gasteiger partial charge in [-0.2, -0.15) is 0 Å². The first-order chi connectivity index (χ1) is 17.6. The highest BCUT2D eigenvalue weighted by molar-refractivity contribution is 6.76. The third kappa shape index (κ3) is 6.91. The van der Waals surface area contributed by atoms with Crippen molar-refractivity contribution in [1.82, 2.24) is 14.9 Å². The fourth-order valence-corrected chi connectivity index (χ4v) is 4.58. The molecule has 198 valence electrons. The zero-order valence-electron chi connectivity index (χ0n) is 19.6. The summed E-state index contributed by atoms with van der Waals surface area (Å²) in [6.45, 7) is 2.63. The monoisotopic (exact) mass is 605 g/mol. The average Bonchev–Trinajstić information content (AvgIpc) is 3.20. The number of nitrogens with one attached hydrogen (secondary N) is 1. The highest BCUT2D eigenvalue weighted by Gasteiger charge is 2.39. The van der Waals surface area contributed by atoms with Gasteiger partial charge in [0, 0.05) is 18.0 Å². The minimum Gasteiger partial charge on any atom is -0.392 e. The van der Waals surface area contributed by atoms with Gasteiger partial charge in [0.2, 0.25) is 0 Å². The number of nitrogens with zero attached hydrogens (tertiary/aromatic N) is 2. The molecular formula is C25H24Cl5N3O4. The molecule has 0 spiro atoms. The van der Waals surface area contributed by atoms with Crippen LogP contribution in [0.3, 0.4) is 0 Å². The number of hydrogen-bond donors (Lipinski definition) is 2. The van der Waals surface area contributed by atoms with Crippen molar-refractivity contribution in [3.63, 3.8) is 0 Å². The molecule has 0 unspecified atom stereocenters. The Morgan fingerprint density at radius 1 is 1.03 bits per heavy atom. The summed E-state index contributed by atoms with van der Waals surface area (Å²) in [6, 6.07) is 15.0. The number of benzene rings is 2. The molecule has 1 aliphatic rings. The van der Waals surface area contributed by atoms with Gasteiger partial charge >= 0.3 is 0 Å². The second kappa shape index (κ2) is 12.1. The van der Waals surface area contributed by atoms with Gasteiger partial charge in [-0.15, -0.1) is 0 Å². The maximum Gasteiger partial charge on any atom is 0.272 e. The van der Waals surface area contributed by atoms with E-state index < -0.39 is 16.0 Å². The van der Waals surface area contributed by atoms with Crippen molar-refractivity contribution in [2.75, 3.05) is 0 Å². The van der Waals surface area contributed by atoms with E-state index in [9.17, 15) is 9.90 Å². The van der Waals surface area contributed by atoms with Gasteiger partial charge in [-0.3, -0.25) is 4.79 Å². The van der Waals surface area contributed by atoms with E-state index in [0.29, 0.717) is 11.7 Å². The van der Waals surface area contributed by atoms with Crippen molar-refractivity contribution in [1.29, 1.82) is 0 Å². The summed E-state index contributed by atoms with van der Waals surface area (Å²) in [4.78, 5) is 15.9. The van der Waals surface area contributed by atoms with E-state index in [4.69, 9.17) is 67.5 Å². The van der Waals surface area contributed by atoms with Crippen LogP contribution in [-0.4, -0.2) is 30.5 Å². The van der Waals surface area contributed by atoms with Crippen LogP contribution in [0.15, 0.2) is 54.9 Å². The first-order valence-corrected chi connectivity index (χ1v) is 13.3. The van der Waals surface area contributed by atoms with Crippen LogP contribution < -0.4 is 5.32 Å². The molecule has 1 fully saturated rings. The minimum absolute atomic E-state index is 0.0376. The molecule has 1 aromatic heterocycles. The summed E-state index contributed by atoms with van der Waals surface area (Å²) in [5.41, 5.74) is 3.38. The molecule has 2 aromatic carbocycles. The van der Waals surface area contributed by atoms with Crippen LogP contribution in [0.25, 0.3) is 0 Å². The molecule has 37 heavy (non-hydrogen) atoms. The lowest BCUT2D eigenvalue weighted by Gasteiger charge is -2.41. The zero-order valence-corrected chi connectivity index (χ0v) is 23.4. The lowest BCUT2D eigenvalue weighted by Crippen LogP contribution is -2.39. The number of alkyl halides is 3. The zero-order chi connectivity index (χ0) is 26.7. The lowest BCUT2D eigenvalue weighted by molar-refractivity contribution is -0.276. The molecule has 4 rings (SSSR count). The summed E-state index contributed by atoms with van der Waals surface area (Å²) in [6.07, 6.45) is 0.326. The SMILES string of the molecule is C[C@H]1[C@@H](Cn2cnc(Cl)c2Cl)O[C@@H](c2ccc(CNC(=O)C(Cl)(Cl)Cl)cc2)O[C@H]1c1ccc(CO)cc1. The van der Waals surface area contributed by atoms with Crippen LogP contribution in [0.5, 0.6) is 0 Å². The first kappa shape index (κ1) is 28.5. The number of aliphatic hydroxyl groups is 1. The molecule has 2 heterocycles. The van der Waals surface area contributed by atoms with Crippen LogP contribution in [-0.2, 0) is 34.0 Å². The fraction of sp³-hybridized carbons (Fsp3) is 0.360. The van der Waals surface area contributed by atoms with E-state index in [0.717, 1.165) is 22.3 Å². The molecule has 1 amide bonds. The maximum absolute atomic E-state index is 11.8. The van der Waals surface area contributed by atoms with Gasteiger partial charge in [0.05, 0.1) is 31.7 Å². The Bertz CT molecular complexity index is 1210. The Labute approximate surface area is 239 Å². The quantitative estimate of drug-likeness (QED) is 0.314. The van der Waals surface area contributed by atoms with Crippen molar-refractivity contribution in [2.45, 2.75) is 48.9 Å². The molecule has 1 saturated heterocycles. The van der Waals surface area contributed by atoms with Crippen molar-refractivity contribution in [3.05, 3.63) is 87.4 Å². The van der Waals surface area contributed by atoms with Gasteiger partial charge in [-0.25, -0.2) is 4.98 Å². The molecule has 0 radical (unpaired) electrons. The van der Waals surface area contributed by atoms with E-state index >= 15 is 0 Å². The highest BCUT2D eigenvalue weighted by Crippen LogP contribution is 2.42. The number of ether oxygens (including phenoxy) is 2. The van der Waals surface area contributed by atoms with Crippen LogP contribution >= 0.6 is 58.0 Å². The molecule has 0 bridgehead atoms. The van der Waals surface area contributed by atoms with Gasteiger partial charge < -0.3 is 24.5 Å². The summed E-state index contributed by atoms with van der Waals surface area (Å²) in [7, 11) is 0. The minimum atomic E-state index is -2.03. The number of rotatable bonds is 7. The number of halogens is 5. The Kier molecular flexibility index (Phi) is 9.30. The largest absolute Gasteiger partial charge is 0.392 e. The number of aliphatic hydroxyl groups excluding tert-OH is 1. The average molecular weight is 608 g/mol. The Hall–Kier alpha value is -1.55. The van der Waals surface area contributed by atoms with Gasteiger partial charge in [0.15, 0.2) is 11.4 Å². The van der Waals surface area contributed by atoms with E-state index in [1.165, 1.54) is 0 Å². The molecular weight excluding hydrogens is 584 g/mol. The van der Waals surface area contributed by atoms with Crippen LogP contribution in [0.1, 0.15) is 41.6 Å². The second-order valence-corrected chi connectivity index (χ2v) is 11.7. The summed E-state index contributed by atoms with van der Waals surface area (Å²) >= 11 is 29.2. The van der Waals surface area contributed by atoms with E-state index in [2.05, 4.69) is 10.3 Å². The molecule has 4 atom stereocenters. The normalized spacial score (nSPS) is 22.1. The summed E-state index contributed by atoms with van der Waals surface area (Å²) in [5, 5.41) is 12.6. The predicted molar refractivity (Wildman–Crippen MR) is 144 cm³/mol. The number of aromatic nitrogens is 2. The van der Waals surface area contributed by atoms with Gasteiger partial charge in [0.1, 0.15) is 5.15 Å². The van der Waals surface area contributed by atoms with Crippen molar-refractivity contribution < 1.29 is 19.4 Å². The van der Waals surface area contributed by atoms with Crippen molar-refractivity contribution in [3.8, 4) is 0 Å². The number of carbonyl (C=O) groups excluding carboxylic acids is 1. The number of hydrogen-bond acceptors (Lipinski definition) is 5. The Balaban J connectivity index is 1.56. The van der Waals surface area contributed by atoms with Crippen LogP contribution in [0, 0.1) is 5.92 Å². The second-order valence-electron chi connectivity index (χ2n) is 8.72. The van der Waals surface area contributed by atoms with Crippen LogP contribution in [0.4, 0.5) is 0 Å². The topological polar surface area (TPSA) is 85.6 Å². The molecule has 3 aromatic rings. The molecule has 2 N–H and O–H groups in total. The standard InChI is InChI=1S/C25H24Cl5N3O4/c1-14-19(11-33-13-32-21(26)22(33)27)36-23(37-20(14)17-6-4-16(12-34)5-7-17)18-8-2-15(3-9-18)10-31-24(35)25(28,29)30/h2-9,13-14,19-20,23,34H,10-12H2,1H3,(H,31,35)/t14-,19+,20+,23+/m0/s1. The van der Waals surface area contributed by atoms with E-state index in [1.54, 1.807) is 10.9 Å². The van der Waals surface area contributed by atoms with Gasteiger partial charge in [-0.05, 0) is 16.7 Å². The molecule has 1 aliphatic heterocycles. The summed E-state index contributed by atoms with van der Waals surface area (Å²) < 4.78 is 12.6. The van der Waals surface area contributed by atoms with E-state index in [1.807, 2.05) is 55.5 Å². The van der Waals surface area contributed by atoms with Crippen molar-refractivity contribution >= 4 is 63.9 Å².